The van der Waals surface area contributed by atoms with Crippen LogP contribution in [0.1, 0.15) is 77.2 Å². The second-order valence-electron chi connectivity index (χ2n) is 12.5. The number of piperidine rings is 1. The lowest BCUT2D eigenvalue weighted by Crippen LogP contribution is -2.46. The van der Waals surface area contributed by atoms with Gasteiger partial charge in [0, 0.05) is 43.3 Å². The van der Waals surface area contributed by atoms with Crippen LogP contribution < -0.4 is 5.32 Å². The Kier molecular flexibility index (Phi) is 13.3. The van der Waals surface area contributed by atoms with E-state index in [4.69, 9.17) is 4.74 Å². The van der Waals surface area contributed by atoms with Crippen molar-refractivity contribution in [2.24, 2.45) is 0 Å². The number of hydrogen-bond acceptors (Lipinski definition) is 4. The molecule has 0 aliphatic carbocycles. The van der Waals surface area contributed by atoms with Crippen LogP contribution in [-0.2, 0) is 30.9 Å². The van der Waals surface area contributed by atoms with Gasteiger partial charge < -0.3 is 15.0 Å². The second-order valence-corrected chi connectivity index (χ2v) is 12.5. The number of likely N-dealkylation sites (tertiary alicyclic amines) is 1. The molecule has 48 heavy (non-hydrogen) atoms. The van der Waals surface area contributed by atoms with Crippen LogP contribution in [0.25, 0.3) is 0 Å². The molecule has 0 saturated carbocycles. The van der Waals surface area contributed by atoms with Crippen LogP contribution in [0.15, 0.2) is 109 Å². The summed E-state index contributed by atoms with van der Waals surface area (Å²) in [6.07, 6.45) is 6.00. The van der Waals surface area contributed by atoms with Gasteiger partial charge in [0.05, 0.1) is 6.54 Å². The first-order valence-electron chi connectivity index (χ1n) is 17.3. The van der Waals surface area contributed by atoms with Crippen molar-refractivity contribution in [3.63, 3.8) is 0 Å². The number of carbonyl (C=O) groups excluding carboxylic acids is 2. The van der Waals surface area contributed by atoms with Crippen molar-refractivity contribution in [3.8, 4) is 11.8 Å². The predicted octanol–water partition coefficient (Wildman–Crippen LogP) is 8.00. The van der Waals surface area contributed by atoms with E-state index in [1.807, 2.05) is 60.7 Å². The quantitative estimate of drug-likeness (QED) is 0.119. The lowest BCUT2D eigenvalue weighted by atomic mass is 9.99. The number of nitrogens with zero attached hydrogens (tertiary/aromatic N) is 2. The zero-order chi connectivity index (χ0) is 33.4. The van der Waals surface area contributed by atoms with Gasteiger partial charge in [-0.05, 0) is 72.2 Å². The number of alkyl carbamates (subject to hydrolysis) is 1. The van der Waals surface area contributed by atoms with Crippen LogP contribution >= 0.6 is 0 Å². The fourth-order valence-electron chi connectivity index (χ4n) is 6.14. The van der Waals surface area contributed by atoms with Crippen LogP contribution in [0.5, 0.6) is 0 Å². The molecule has 6 heteroatoms. The number of rotatable bonds is 13. The van der Waals surface area contributed by atoms with E-state index < -0.39 is 6.09 Å². The number of unbranched alkanes of at least 4 members (excludes halogenated alkanes) is 2. The Morgan fingerprint density at radius 1 is 0.812 bits per heavy atom. The van der Waals surface area contributed by atoms with Crippen molar-refractivity contribution in [3.05, 3.63) is 143 Å². The largest absolute Gasteiger partial charge is 0.445 e. The average Bonchev–Trinajstić information content (AvgIpc) is 3.13. The number of amides is 2. The van der Waals surface area contributed by atoms with Crippen molar-refractivity contribution in [2.45, 2.75) is 71.2 Å². The minimum atomic E-state index is -0.500. The Hall–Kier alpha value is -4.86. The van der Waals surface area contributed by atoms with E-state index >= 15 is 0 Å². The molecule has 1 aliphatic rings. The van der Waals surface area contributed by atoms with E-state index in [-0.39, 0.29) is 25.1 Å². The number of benzene rings is 4. The van der Waals surface area contributed by atoms with Crippen LogP contribution in [0.4, 0.5) is 4.79 Å². The zero-order valence-electron chi connectivity index (χ0n) is 28.1. The van der Waals surface area contributed by atoms with Crippen LogP contribution in [0, 0.1) is 11.8 Å². The van der Waals surface area contributed by atoms with E-state index in [1.54, 1.807) is 0 Å². The number of aryl methyl sites for hydroxylation is 1. The Morgan fingerprint density at radius 3 is 2.21 bits per heavy atom. The summed E-state index contributed by atoms with van der Waals surface area (Å²) in [4.78, 5) is 30.8. The van der Waals surface area contributed by atoms with Gasteiger partial charge in [0.1, 0.15) is 6.61 Å². The van der Waals surface area contributed by atoms with E-state index in [1.165, 1.54) is 30.4 Å². The van der Waals surface area contributed by atoms with E-state index in [0.717, 1.165) is 61.2 Å². The SMILES string of the molecule is CCCCCc1ccc(C(=O)N(Cc2cccc(C#CCNC(=O)OCc3ccccc3)c2)C2CCN(Cc3ccccc3)CC2)cc1. The lowest BCUT2D eigenvalue weighted by Gasteiger charge is -2.39. The summed E-state index contributed by atoms with van der Waals surface area (Å²) in [5, 5.41) is 2.69. The number of nitrogens with one attached hydrogen (secondary N) is 1. The molecule has 248 valence electrons. The van der Waals surface area contributed by atoms with E-state index in [0.29, 0.717) is 6.54 Å². The highest BCUT2D eigenvalue weighted by atomic mass is 16.5. The first kappa shape index (κ1) is 34.5. The average molecular weight is 642 g/mol. The van der Waals surface area contributed by atoms with Crippen LogP contribution in [-0.4, -0.2) is 47.5 Å². The molecule has 1 saturated heterocycles. The molecule has 4 aromatic rings. The van der Waals surface area contributed by atoms with Gasteiger partial charge in [-0.1, -0.05) is 117 Å². The van der Waals surface area contributed by atoms with Gasteiger partial charge in [0.2, 0.25) is 0 Å². The zero-order valence-corrected chi connectivity index (χ0v) is 28.1. The Morgan fingerprint density at radius 2 is 1.50 bits per heavy atom. The van der Waals surface area contributed by atoms with Crippen molar-refractivity contribution in [1.29, 1.82) is 0 Å². The first-order chi connectivity index (χ1) is 23.6. The Labute approximate surface area is 286 Å². The van der Waals surface area contributed by atoms with Crippen molar-refractivity contribution < 1.29 is 14.3 Å². The van der Waals surface area contributed by atoms with Crippen molar-refractivity contribution in [2.75, 3.05) is 19.6 Å². The fourth-order valence-corrected chi connectivity index (χ4v) is 6.14. The first-order valence-corrected chi connectivity index (χ1v) is 17.3. The molecule has 1 heterocycles. The molecule has 0 aromatic heterocycles. The highest BCUT2D eigenvalue weighted by Crippen LogP contribution is 2.24. The highest BCUT2D eigenvalue weighted by molar-refractivity contribution is 5.94. The maximum atomic E-state index is 14.1. The molecule has 6 nitrogen and oxygen atoms in total. The van der Waals surface area contributed by atoms with E-state index in [9.17, 15) is 9.59 Å². The molecule has 5 rings (SSSR count). The third-order valence-electron chi connectivity index (χ3n) is 8.82. The Balaban J connectivity index is 1.22. The fraction of sp³-hybridized carbons (Fsp3) is 0.333. The number of carbonyl (C=O) groups is 2. The third-order valence-corrected chi connectivity index (χ3v) is 8.82. The highest BCUT2D eigenvalue weighted by Gasteiger charge is 2.29. The smallest absolute Gasteiger partial charge is 0.408 e. The second kappa shape index (κ2) is 18.5. The molecular weight excluding hydrogens is 594 g/mol. The maximum Gasteiger partial charge on any atom is 0.408 e. The Bertz CT molecular complexity index is 1640. The summed E-state index contributed by atoms with van der Waals surface area (Å²) in [5.74, 6) is 6.25. The molecule has 0 atom stereocenters. The summed E-state index contributed by atoms with van der Waals surface area (Å²) in [7, 11) is 0. The van der Waals surface area contributed by atoms with Crippen LogP contribution in [0.3, 0.4) is 0 Å². The normalized spacial score (nSPS) is 13.3. The monoisotopic (exact) mass is 641 g/mol. The maximum absolute atomic E-state index is 14.1. The molecule has 1 fully saturated rings. The van der Waals surface area contributed by atoms with Gasteiger partial charge in [-0.3, -0.25) is 9.69 Å². The van der Waals surface area contributed by atoms with Crippen molar-refractivity contribution >= 4 is 12.0 Å². The van der Waals surface area contributed by atoms with Crippen molar-refractivity contribution in [1.82, 2.24) is 15.1 Å². The molecular formula is C42H47N3O3. The molecule has 4 aromatic carbocycles. The summed E-state index contributed by atoms with van der Waals surface area (Å²) >= 11 is 0. The summed E-state index contributed by atoms with van der Waals surface area (Å²) in [6.45, 7) is 5.96. The van der Waals surface area contributed by atoms with Gasteiger partial charge in [0.25, 0.3) is 5.91 Å². The molecule has 1 N–H and O–H groups in total. The van der Waals surface area contributed by atoms with Gasteiger partial charge in [-0.15, -0.1) is 0 Å². The molecule has 0 bridgehead atoms. The summed E-state index contributed by atoms with van der Waals surface area (Å²) < 4.78 is 5.27. The molecule has 1 aliphatic heterocycles. The molecule has 0 unspecified atom stereocenters. The van der Waals surface area contributed by atoms with Crippen LogP contribution in [0.2, 0.25) is 0 Å². The minimum Gasteiger partial charge on any atom is -0.445 e. The predicted molar refractivity (Wildman–Crippen MR) is 192 cm³/mol. The van der Waals surface area contributed by atoms with Gasteiger partial charge in [0.15, 0.2) is 0 Å². The topological polar surface area (TPSA) is 61.9 Å². The molecule has 0 spiro atoms. The number of ether oxygens (including phenoxy) is 1. The summed E-state index contributed by atoms with van der Waals surface area (Å²) in [5.41, 5.74) is 6.15. The number of hydrogen-bond donors (Lipinski definition) is 1. The van der Waals surface area contributed by atoms with Gasteiger partial charge >= 0.3 is 6.09 Å². The third kappa shape index (κ3) is 10.9. The minimum absolute atomic E-state index is 0.0753. The summed E-state index contributed by atoms with van der Waals surface area (Å²) in [6, 6.07) is 36.6. The van der Waals surface area contributed by atoms with Gasteiger partial charge in [-0.25, -0.2) is 4.79 Å². The molecule has 0 radical (unpaired) electrons. The van der Waals surface area contributed by atoms with E-state index in [2.05, 4.69) is 82.4 Å². The van der Waals surface area contributed by atoms with Gasteiger partial charge in [-0.2, -0.15) is 0 Å². The standard InChI is InChI=1S/C42H47N3O3/c1-2-3-6-13-34-21-23-39(24-22-34)41(46)45(40-25-28-44(29-26-40)31-36-14-7-4-8-15-36)32-38-19-11-18-35(30-38)20-12-27-43-42(47)48-33-37-16-9-5-10-17-37/h4-5,7-11,14-19,21-24,30,40H,2-3,6,13,25-29,31-33H2,1H3,(H,43,47). The lowest BCUT2D eigenvalue weighted by molar-refractivity contribution is 0.0542. The molecule has 2 amide bonds.